The molecule has 2 amide bonds. The Morgan fingerprint density at radius 1 is 1.30 bits per heavy atom. The predicted molar refractivity (Wildman–Crippen MR) is 91.7 cm³/mol. The zero-order chi connectivity index (χ0) is 16.4. The molecule has 2 N–H and O–H groups in total. The van der Waals surface area contributed by atoms with E-state index in [1.54, 1.807) is 4.90 Å². The molecule has 2 saturated carbocycles. The van der Waals surface area contributed by atoms with Crippen LogP contribution < -0.4 is 5.32 Å². The van der Waals surface area contributed by atoms with Crippen molar-refractivity contribution in [1.82, 2.24) is 10.2 Å². The van der Waals surface area contributed by atoms with E-state index in [1.807, 2.05) is 11.8 Å². The summed E-state index contributed by atoms with van der Waals surface area (Å²) in [5, 5.41) is 13.5. The van der Waals surface area contributed by atoms with Crippen molar-refractivity contribution in [2.45, 2.75) is 63.2 Å². The van der Waals surface area contributed by atoms with Gasteiger partial charge in [0.25, 0.3) is 0 Å². The highest BCUT2D eigenvalue weighted by Gasteiger charge is 2.55. The second kappa shape index (κ2) is 6.91. The summed E-state index contributed by atoms with van der Waals surface area (Å²) >= 11 is 1.99. The van der Waals surface area contributed by atoms with Crippen LogP contribution in [-0.4, -0.2) is 52.1 Å². The third-order valence-electron chi connectivity index (χ3n) is 5.94. The number of hydrogen-bond acceptors (Lipinski definition) is 3. The number of nitrogens with zero attached hydrogens (tertiary/aromatic N) is 1. The minimum Gasteiger partial charge on any atom is -0.481 e. The summed E-state index contributed by atoms with van der Waals surface area (Å²) in [6.45, 7) is 3.18. The highest BCUT2D eigenvalue weighted by atomic mass is 32.2. The molecule has 3 fully saturated rings. The monoisotopic (exact) mass is 340 g/mol. The van der Waals surface area contributed by atoms with Gasteiger partial charge >= 0.3 is 12.0 Å². The van der Waals surface area contributed by atoms with Crippen molar-refractivity contribution in [2.75, 3.05) is 18.8 Å². The number of likely N-dealkylation sites (tertiary alicyclic amines) is 1. The van der Waals surface area contributed by atoms with Crippen molar-refractivity contribution in [3.05, 3.63) is 0 Å². The van der Waals surface area contributed by atoms with Crippen LogP contribution in [0.1, 0.15) is 51.9 Å². The Morgan fingerprint density at radius 2 is 2.13 bits per heavy atom. The third kappa shape index (κ3) is 3.32. The maximum atomic E-state index is 12.6. The molecule has 3 rings (SSSR count). The molecule has 1 saturated heterocycles. The topological polar surface area (TPSA) is 69.6 Å². The number of carbonyl (C=O) groups excluding carboxylic acids is 1. The fourth-order valence-corrected chi connectivity index (χ4v) is 5.90. The Balaban J connectivity index is 1.56. The molecule has 1 aliphatic heterocycles. The Morgan fingerprint density at radius 3 is 2.83 bits per heavy atom. The summed E-state index contributed by atoms with van der Waals surface area (Å²) < 4.78 is 0. The SMILES string of the molecule is CCSC1CCCC(NC(=O)N2C[C@@H]3CCC[C@@]3(C(=O)O)C2)C1. The first-order valence-corrected chi connectivity index (χ1v) is 10.0. The summed E-state index contributed by atoms with van der Waals surface area (Å²) in [5.41, 5.74) is -0.676. The maximum Gasteiger partial charge on any atom is 0.317 e. The lowest BCUT2D eigenvalue weighted by molar-refractivity contribution is -0.149. The molecule has 23 heavy (non-hydrogen) atoms. The van der Waals surface area contributed by atoms with Gasteiger partial charge in [0.05, 0.1) is 5.41 Å². The number of aliphatic carboxylic acids is 1. The van der Waals surface area contributed by atoms with Crippen LogP contribution in [0.3, 0.4) is 0 Å². The number of thioether (sulfide) groups is 1. The number of fused-ring (bicyclic) bond motifs is 1. The van der Waals surface area contributed by atoms with E-state index in [1.165, 1.54) is 12.8 Å². The number of amides is 2. The summed E-state index contributed by atoms with van der Waals surface area (Å²) in [4.78, 5) is 26.1. The Labute approximate surface area is 142 Å². The number of nitrogens with one attached hydrogen (secondary N) is 1. The van der Waals surface area contributed by atoms with Crippen molar-refractivity contribution in [1.29, 1.82) is 0 Å². The molecule has 6 heteroatoms. The Bertz CT molecular complexity index is 471. The van der Waals surface area contributed by atoms with Gasteiger partial charge in [0.2, 0.25) is 0 Å². The molecule has 2 aliphatic carbocycles. The van der Waals surface area contributed by atoms with Gasteiger partial charge in [-0.05, 0) is 43.8 Å². The summed E-state index contributed by atoms with van der Waals surface area (Å²) in [5.74, 6) is 0.549. The van der Waals surface area contributed by atoms with Gasteiger partial charge in [-0.2, -0.15) is 11.8 Å². The zero-order valence-corrected chi connectivity index (χ0v) is 14.7. The number of hydrogen-bond donors (Lipinski definition) is 2. The van der Waals surface area contributed by atoms with Gasteiger partial charge < -0.3 is 15.3 Å². The van der Waals surface area contributed by atoms with Crippen molar-refractivity contribution in [3.63, 3.8) is 0 Å². The van der Waals surface area contributed by atoms with Crippen molar-refractivity contribution >= 4 is 23.8 Å². The van der Waals surface area contributed by atoms with Gasteiger partial charge in [0.15, 0.2) is 0 Å². The molecule has 0 aromatic rings. The minimum absolute atomic E-state index is 0.0489. The molecule has 1 heterocycles. The molecule has 4 atom stereocenters. The van der Waals surface area contributed by atoms with E-state index in [0.29, 0.717) is 18.3 Å². The fraction of sp³-hybridized carbons (Fsp3) is 0.882. The number of carbonyl (C=O) groups is 2. The predicted octanol–water partition coefficient (Wildman–Crippen LogP) is 2.95. The number of carboxylic acid groups (broad SMARTS) is 1. The Kier molecular flexibility index (Phi) is 5.09. The van der Waals surface area contributed by atoms with Crippen LogP contribution in [-0.2, 0) is 4.79 Å². The number of urea groups is 1. The molecule has 3 aliphatic rings. The van der Waals surface area contributed by atoms with Crippen LogP contribution in [0.5, 0.6) is 0 Å². The summed E-state index contributed by atoms with van der Waals surface area (Å²) in [6.07, 6.45) is 7.15. The Hall–Kier alpha value is -0.910. The largest absolute Gasteiger partial charge is 0.481 e. The van der Waals surface area contributed by atoms with Crippen LogP contribution >= 0.6 is 11.8 Å². The maximum absolute atomic E-state index is 12.6. The average molecular weight is 340 g/mol. The highest BCUT2D eigenvalue weighted by Crippen LogP contribution is 2.48. The molecule has 2 unspecified atom stereocenters. The second-order valence-corrected chi connectivity index (χ2v) is 8.90. The first-order chi connectivity index (χ1) is 11.0. The lowest BCUT2D eigenvalue weighted by atomic mass is 9.81. The molecule has 0 radical (unpaired) electrons. The molecule has 0 aromatic carbocycles. The normalized spacial score (nSPS) is 36.7. The molecule has 0 spiro atoms. The second-order valence-electron chi connectivity index (χ2n) is 7.32. The van der Waals surface area contributed by atoms with E-state index in [4.69, 9.17) is 0 Å². The van der Waals surface area contributed by atoms with Crippen molar-refractivity contribution in [3.8, 4) is 0 Å². The van der Waals surface area contributed by atoms with Gasteiger partial charge in [0, 0.05) is 24.4 Å². The lowest BCUT2D eigenvalue weighted by Crippen LogP contribution is -2.47. The number of rotatable bonds is 4. The molecule has 0 aromatic heterocycles. The first kappa shape index (κ1) is 16.9. The van der Waals surface area contributed by atoms with E-state index >= 15 is 0 Å². The van der Waals surface area contributed by atoms with E-state index < -0.39 is 11.4 Å². The van der Waals surface area contributed by atoms with E-state index in [9.17, 15) is 14.7 Å². The molecular formula is C17H28N2O3S. The van der Waals surface area contributed by atoms with E-state index in [2.05, 4.69) is 12.2 Å². The van der Waals surface area contributed by atoms with Gasteiger partial charge in [-0.15, -0.1) is 0 Å². The standard InChI is InChI=1S/C17H28N2O3S/c1-2-23-14-7-3-6-13(9-14)18-16(22)19-10-12-5-4-8-17(12,11-19)15(20)21/h12-14H,2-11H2,1H3,(H,18,22)(H,20,21)/t12-,13?,14?,17+/m0/s1. The molecular weight excluding hydrogens is 312 g/mol. The van der Waals surface area contributed by atoms with E-state index in [0.717, 1.165) is 37.9 Å². The van der Waals surface area contributed by atoms with Gasteiger partial charge in [0.1, 0.15) is 0 Å². The third-order valence-corrected chi connectivity index (χ3v) is 7.17. The molecule has 0 bridgehead atoms. The van der Waals surface area contributed by atoms with Crippen LogP contribution in [0.15, 0.2) is 0 Å². The molecule has 5 nitrogen and oxygen atoms in total. The summed E-state index contributed by atoms with van der Waals surface area (Å²) in [7, 11) is 0. The smallest absolute Gasteiger partial charge is 0.317 e. The van der Waals surface area contributed by atoms with Gasteiger partial charge in [-0.3, -0.25) is 4.79 Å². The van der Waals surface area contributed by atoms with Gasteiger partial charge in [-0.25, -0.2) is 4.79 Å². The van der Waals surface area contributed by atoms with Crippen molar-refractivity contribution in [2.24, 2.45) is 11.3 Å². The lowest BCUT2D eigenvalue weighted by Gasteiger charge is -2.31. The number of carboxylic acids is 1. The first-order valence-electron chi connectivity index (χ1n) is 8.95. The minimum atomic E-state index is -0.715. The summed E-state index contributed by atoms with van der Waals surface area (Å²) in [6, 6.07) is 0.202. The highest BCUT2D eigenvalue weighted by molar-refractivity contribution is 7.99. The van der Waals surface area contributed by atoms with Crippen molar-refractivity contribution < 1.29 is 14.7 Å². The van der Waals surface area contributed by atoms with Crippen LogP contribution in [0, 0.1) is 11.3 Å². The van der Waals surface area contributed by atoms with E-state index in [-0.39, 0.29) is 18.0 Å². The van der Waals surface area contributed by atoms with Crippen LogP contribution in [0.25, 0.3) is 0 Å². The quantitative estimate of drug-likeness (QED) is 0.825. The zero-order valence-electron chi connectivity index (χ0n) is 13.9. The molecule has 130 valence electrons. The fourth-order valence-electron chi connectivity index (χ4n) is 4.72. The van der Waals surface area contributed by atoms with Gasteiger partial charge in [-0.1, -0.05) is 19.8 Å². The average Bonchev–Trinajstić information content (AvgIpc) is 3.05. The van der Waals surface area contributed by atoms with Crippen LogP contribution in [0.2, 0.25) is 0 Å². The van der Waals surface area contributed by atoms with Crippen LogP contribution in [0.4, 0.5) is 4.79 Å².